The summed E-state index contributed by atoms with van der Waals surface area (Å²) in [7, 11) is 0. The Kier molecular flexibility index (Phi) is 109. The first-order valence-corrected chi connectivity index (χ1v) is 38.7. The smallest absolute Gasteiger partial charge is 0.0354 e. The van der Waals surface area contributed by atoms with E-state index in [0.29, 0.717) is 16.2 Å². The van der Waals surface area contributed by atoms with Crippen molar-refractivity contribution in [3.8, 4) is 0 Å². The van der Waals surface area contributed by atoms with E-state index in [1.807, 2.05) is 55.4 Å². The third kappa shape index (κ3) is 146. The molecule has 0 N–H and O–H groups in total. The average Bonchev–Trinajstić information content (AvgIpc) is 3.79. The van der Waals surface area contributed by atoms with Crippen molar-refractivity contribution in [2.24, 2.45) is 75.4 Å². The van der Waals surface area contributed by atoms with Gasteiger partial charge in [-0.25, -0.2) is 0 Å². The van der Waals surface area contributed by atoms with Gasteiger partial charge in [-0.15, -0.1) is 0 Å². The second-order valence-corrected chi connectivity index (χ2v) is 30.5. The molecule has 0 saturated heterocycles. The summed E-state index contributed by atoms with van der Waals surface area (Å²) in [6.45, 7) is 83.2. The van der Waals surface area contributed by atoms with Crippen molar-refractivity contribution in [1.29, 1.82) is 0 Å². The predicted octanol–water partition coefficient (Wildman–Crippen LogP) is 33.2. The Hall–Kier alpha value is 0. The summed E-state index contributed by atoms with van der Waals surface area (Å²) in [5.74, 6) is 9.88. The van der Waals surface area contributed by atoms with E-state index in [0.717, 1.165) is 59.2 Å². The van der Waals surface area contributed by atoms with Gasteiger partial charge >= 0.3 is 0 Å². The van der Waals surface area contributed by atoms with Gasteiger partial charge in [0.25, 0.3) is 0 Å². The third-order valence-corrected chi connectivity index (χ3v) is 15.5. The fourth-order valence-corrected chi connectivity index (χ4v) is 7.45. The zero-order chi connectivity index (χ0) is 67.9. The molecule has 0 heterocycles. The molecule has 0 atom stereocenters. The molecular formula is C83H188. The van der Waals surface area contributed by atoms with E-state index in [4.69, 9.17) is 0 Å². The van der Waals surface area contributed by atoms with Crippen LogP contribution in [-0.4, -0.2) is 0 Å². The van der Waals surface area contributed by atoms with Crippen molar-refractivity contribution in [2.45, 2.75) is 469 Å². The average molecular weight is 1190 g/mol. The van der Waals surface area contributed by atoms with Crippen LogP contribution in [0.15, 0.2) is 0 Å². The number of hydrogen-bond acceptors (Lipinski definition) is 0. The lowest BCUT2D eigenvalue weighted by molar-refractivity contribution is 0.201. The molecule has 6 aliphatic rings. The van der Waals surface area contributed by atoms with Gasteiger partial charge in [0.1, 0.15) is 0 Å². The highest BCUT2D eigenvalue weighted by molar-refractivity contribution is 4.76. The summed E-state index contributed by atoms with van der Waals surface area (Å²) in [6.07, 6.45) is 46.3. The van der Waals surface area contributed by atoms with Crippen LogP contribution >= 0.6 is 0 Å². The molecule has 0 nitrogen and oxygen atoms in total. The van der Waals surface area contributed by atoms with Gasteiger partial charge < -0.3 is 0 Å². The normalized spacial score (nSPS) is 17.0. The standard InChI is InChI=1S/C9H18.C8H16.2C7H14.C6H12.2C6H14.3C5H12.C4H8.C4H10.C3H8.4C2H6/c1-8-4-6-9(2,3)7-5-8;1-2-8-6-4-3-5-7-8;1-7-5-3-2-4-6-7;1-2-7-5-3-4-6-7;1-6-4-2-3-5-6;1-5-6(2,3)4;1-4-6(3)5-2;1-5(2,3)4;2*1-4-5(2)3;1-4-2-3-4;1-4(2)3;1-3-2;4*1-2/h8H,4-7H2,1-3H3;8H,2-7H2,1H3;2*7H,2-6H2,1H3;6H,2-5H2,1H3;5H2,1-4H3;6H,4-5H2,1-3H3;1-4H3;2*5H,4H2,1-3H3;4H,2-3H2,1H3;4H,1-3H3;3H2,1-2H3;4*1-2H3. The number of hydrogen-bond donors (Lipinski definition) is 0. The molecule has 0 aromatic rings. The summed E-state index contributed by atoms with van der Waals surface area (Å²) >= 11 is 0. The Morgan fingerprint density at radius 1 is 0.337 bits per heavy atom. The Labute approximate surface area is 541 Å². The van der Waals surface area contributed by atoms with E-state index >= 15 is 0 Å². The SMILES string of the molecule is CC.CC.CC.CC.CC(C)(C)C.CC(C)C.CC1CC1.CC1CCC(C)(C)CC1.CC1CCCC1.CC1CCCCC1.CCC.CCC(C)(C)C.CCC(C)C.CCC(C)C.CCC(C)CC.CCC1CCCC1.CCC1CCCCC1. The zero-order valence-electron chi connectivity index (χ0n) is 67.9. The first-order valence-electron chi connectivity index (χ1n) is 38.7. The summed E-state index contributed by atoms with van der Waals surface area (Å²) in [5, 5.41) is 0. The second kappa shape index (κ2) is 84.1. The fraction of sp³-hybridized carbons (Fsp3) is 1.00. The largest absolute Gasteiger partial charge is 0.0683 e. The lowest BCUT2D eigenvalue weighted by Gasteiger charge is -2.32. The Morgan fingerprint density at radius 3 is 0.614 bits per heavy atom. The molecule has 83 heavy (non-hydrogen) atoms. The summed E-state index contributed by atoms with van der Waals surface area (Å²) in [4.78, 5) is 0. The maximum atomic E-state index is 2.39. The van der Waals surface area contributed by atoms with Gasteiger partial charge in [-0.05, 0) is 88.3 Å². The highest BCUT2D eigenvalue weighted by Crippen LogP contribution is 2.37. The minimum Gasteiger partial charge on any atom is -0.0683 e. The van der Waals surface area contributed by atoms with Crippen LogP contribution in [0.1, 0.15) is 469 Å². The van der Waals surface area contributed by atoms with Crippen LogP contribution in [0.3, 0.4) is 0 Å². The highest BCUT2D eigenvalue weighted by Gasteiger charge is 2.24. The van der Waals surface area contributed by atoms with Gasteiger partial charge in [0.2, 0.25) is 0 Å². The lowest BCUT2D eigenvalue weighted by Crippen LogP contribution is -2.19. The van der Waals surface area contributed by atoms with Crippen molar-refractivity contribution in [2.75, 3.05) is 0 Å². The lowest BCUT2D eigenvalue weighted by atomic mass is 9.74. The van der Waals surface area contributed by atoms with E-state index < -0.39 is 0 Å². The van der Waals surface area contributed by atoms with E-state index in [9.17, 15) is 0 Å². The summed E-state index contributed by atoms with van der Waals surface area (Å²) in [5.41, 5.74) is 1.70. The van der Waals surface area contributed by atoms with Crippen molar-refractivity contribution < 1.29 is 0 Å². The molecule has 6 rings (SSSR count). The molecule has 0 spiro atoms. The van der Waals surface area contributed by atoms with Gasteiger partial charge in [-0.3, -0.25) is 0 Å². The first-order chi connectivity index (χ1) is 38.7. The quantitative estimate of drug-likeness (QED) is 0.249. The fourth-order valence-electron chi connectivity index (χ4n) is 7.45. The highest BCUT2D eigenvalue weighted by atomic mass is 14.3. The molecule has 0 aromatic heterocycles. The van der Waals surface area contributed by atoms with Crippen LogP contribution in [0.2, 0.25) is 0 Å². The molecule has 6 aliphatic carbocycles. The van der Waals surface area contributed by atoms with E-state index in [1.54, 1.807) is 0 Å². The van der Waals surface area contributed by atoms with Gasteiger partial charge in [-0.1, -0.05) is 456 Å². The van der Waals surface area contributed by atoms with Crippen LogP contribution in [0.5, 0.6) is 0 Å². The second-order valence-electron chi connectivity index (χ2n) is 30.5. The first kappa shape index (κ1) is 108. The molecule has 6 fully saturated rings. The van der Waals surface area contributed by atoms with Crippen LogP contribution in [0.25, 0.3) is 0 Å². The van der Waals surface area contributed by atoms with Gasteiger partial charge in [-0.2, -0.15) is 0 Å². The van der Waals surface area contributed by atoms with E-state index in [-0.39, 0.29) is 0 Å². The number of rotatable bonds is 6. The summed E-state index contributed by atoms with van der Waals surface area (Å²) in [6, 6.07) is 0. The summed E-state index contributed by atoms with van der Waals surface area (Å²) < 4.78 is 0. The monoisotopic (exact) mass is 1190 g/mol. The van der Waals surface area contributed by atoms with E-state index in [2.05, 4.69) is 208 Å². The van der Waals surface area contributed by atoms with Crippen molar-refractivity contribution >= 4 is 0 Å². The predicted molar refractivity (Wildman–Crippen MR) is 406 cm³/mol. The van der Waals surface area contributed by atoms with E-state index in [1.165, 1.54) is 205 Å². The van der Waals surface area contributed by atoms with Gasteiger partial charge in [0.15, 0.2) is 0 Å². The minimum atomic E-state index is 0.500. The molecule has 520 valence electrons. The Balaban J connectivity index is -0.0000000750. The molecule has 0 unspecified atom stereocenters. The maximum Gasteiger partial charge on any atom is -0.0354 e. The van der Waals surface area contributed by atoms with Crippen LogP contribution in [0, 0.1) is 75.4 Å². The molecule has 0 amide bonds. The minimum absolute atomic E-state index is 0.500. The van der Waals surface area contributed by atoms with Crippen LogP contribution in [0.4, 0.5) is 0 Å². The van der Waals surface area contributed by atoms with Crippen molar-refractivity contribution in [1.82, 2.24) is 0 Å². The maximum absolute atomic E-state index is 2.39. The molecule has 0 bridgehead atoms. The van der Waals surface area contributed by atoms with Gasteiger partial charge in [0.05, 0.1) is 0 Å². The molecular weight excluding hydrogens is 997 g/mol. The zero-order valence-corrected chi connectivity index (χ0v) is 67.9. The Bertz CT molecular complexity index is 924. The van der Waals surface area contributed by atoms with Crippen LogP contribution < -0.4 is 0 Å². The topological polar surface area (TPSA) is 0 Å². The molecule has 6 saturated carbocycles. The van der Waals surface area contributed by atoms with Crippen molar-refractivity contribution in [3.05, 3.63) is 0 Å². The Morgan fingerprint density at radius 2 is 0.518 bits per heavy atom. The molecule has 0 heteroatoms. The molecule has 0 radical (unpaired) electrons. The molecule has 0 aromatic carbocycles. The van der Waals surface area contributed by atoms with Crippen molar-refractivity contribution in [3.63, 3.8) is 0 Å². The van der Waals surface area contributed by atoms with Crippen LogP contribution in [-0.2, 0) is 0 Å². The van der Waals surface area contributed by atoms with Gasteiger partial charge in [0, 0.05) is 0 Å². The molecule has 0 aliphatic heterocycles. The third-order valence-electron chi connectivity index (χ3n) is 15.5.